The Morgan fingerprint density at radius 2 is 2.00 bits per heavy atom. The summed E-state index contributed by atoms with van der Waals surface area (Å²) in [5, 5.41) is 0. The molecular formula is C13H15NO3. The van der Waals surface area contributed by atoms with Crippen LogP contribution >= 0.6 is 0 Å². The van der Waals surface area contributed by atoms with Gasteiger partial charge in [0, 0.05) is 0 Å². The first-order valence-electron chi connectivity index (χ1n) is 5.11. The Balaban J connectivity index is 2.88. The summed E-state index contributed by atoms with van der Waals surface area (Å²) >= 11 is 0. The molecular weight excluding hydrogens is 218 g/mol. The lowest BCUT2D eigenvalue weighted by Gasteiger charge is -2.10. The van der Waals surface area contributed by atoms with Gasteiger partial charge in [-0.15, -0.1) is 0 Å². The van der Waals surface area contributed by atoms with Gasteiger partial charge in [-0.1, -0.05) is 31.4 Å². The van der Waals surface area contributed by atoms with Gasteiger partial charge in [0.1, 0.15) is 19.0 Å². The van der Waals surface area contributed by atoms with Crippen molar-refractivity contribution >= 4 is 11.7 Å². The van der Waals surface area contributed by atoms with Crippen molar-refractivity contribution in [2.24, 2.45) is 0 Å². The van der Waals surface area contributed by atoms with Gasteiger partial charge in [-0.2, -0.15) is 0 Å². The average molecular weight is 233 g/mol. The molecule has 0 radical (unpaired) electrons. The van der Waals surface area contributed by atoms with Crippen LogP contribution in [0, 0.1) is 0 Å². The van der Waals surface area contributed by atoms with E-state index in [2.05, 4.69) is 13.2 Å². The number of carbonyl (C=O) groups is 1. The maximum absolute atomic E-state index is 11.6. The van der Waals surface area contributed by atoms with Crippen LogP contribution in [0.25, 0.3) is 0 Å². The second-order valence-electron chi connectivity index (χ2n) is 3.20. The SMILES string of the molecule is C=CCOC(=O)c1cccc(OCC=C)c1N. The lowest BCUT2D eigenvalue weighted by Crippen LogP contribution is -2.09. The summed E-state index contributed by atoms with van der Waals surface area (Å²) in [6.07, 6.45) is 3.09. The third-order valence-electron chi connectivity index (χ3n) is 1.97. The van der Waals surface area contributed by atoms with Gasteiger partial charge in [0.25, 0.3) is 0 Å². The number of anilines is 1. The standard InChI is InChI=1S/C13H15NO3/c1-3-8-16-11-7-5-6-10(12(11)14)13(15)17-9-4-2/h3-7H,1-2,8-9,14H2. The first-order chi connectivity index (χ1) is 8.20. The molecule has 1 aromatic rings. The minimum Gasteiger partial charge on any atom is -0.487 e. The lowest BCUT2D eigenvalue weighted by atomic mass is 10.1. The molecule has 17 heavy (non-hydrogen) atoms. The van der Waals surface area contributed by atoms with Crippen molar-refractivity contribution in [2.45, 2.75) is 0 Å². The van der Waals surface area contributed by atoms with E-state index < -0.39 is 5.97 Å². The van der Waals surface area contributed by atoms with Crippen LogP contribution in [-0.4, -0.2) is 19.2 Å². The summed E-state index contributed by atoms with van der Waals surface area (Å²) in [7, 11) is 0. The van der Waals surface area contributed by atoms with Gasteiger partial charge in [0.05, 0.1) is 11.3 Å². The van der Waals surface area contributed by atoms with E-state index in [-0.39, 0.29) is 17.9 Å². The smallest absolute Gasteiger partial charge is 0.340 e. The summed E-state index contributed by atoms with van der Waals surface area (Å²) in [6, 6.07) is 4.95. The number of benzene rings is 1. The number of para-hydroxylation sites is 1. The molecule has 0 saturated carbocycles. The average Bonchev–Trinajstić information content (AvgIpc) is 2.34. The normalized spacial score (nSPS) is 9.41. The van der Waals surface area contributed by atoms with Gasteiger partial charge < -0.3 is 15.2 Å². The van der Waals surface area contributed by atoms with Gasteiger partial charge in [0.2, 0.25) is 0 Å². The van der Waals surface area contributed by atoms with E-state index in [1.54, 1.807) is 24.3 Å². The van der Waals surface area contributed by atoms with Crippen molar-refractivity contribution in [1.82, 2.24) is 0 Å². The zero-order valence-corrected chi connectivity index (χ0v) is 9.52. The van der Waals surface area contributed by atoms with Crippen molar-refractivity contribution in [3.63, 3.8) is 0 Å². The molecule has 2 N–H and O–H groups in total. The third kappa shape index (κ3) is 3.38. The summed E-state index contributed by atoms with van der Waals surface area (Å²) in [5.74, 6) is -0.0515. The summed E-state index contributed by atoms with van der Waals surface area (Å²) in [4.78, 5) is 11.6. The van der Waals surface area contributed by atoms with Crippen LogP contribution in [0.5, 0.6) is 5.75 Å². The molecule has 4 heteroatoms. The van der Waals surface area contributed by atoms with E-state index in [4.69, 9.17) is 15.2 Å². The highest BCUT2D eigenvalue weighted by molar-refractivity contribution is 5.96. The van der Waals surface area contributed by atoms with Crippen LogP contribution in [0.4, 0.5) is 5.69 Å². The number of carbonyl (C=O) groups excluding carboxylic acids is 1. The minimum absolute atomic E-state index is 0.149. The van der Waals surface area contributed by atoms with Gasteiger partial charge in [-0.05, 0) is 12.1 Å². The Hall–Kier alpha value is -2.23. The van der Waals surface area contributed by atoms with Crippen LogP contribution in [0.15, 0.2) is 43.5 Å². The number of rotatable bonds is 6. The number of hydrogen-bond donors (Lipinski definition) is 1. The Bertz CT molecular complexity index is 427. The fourth-order valence-electron chi connectivity index (χ4n) is 1.21. The number of nitrogen functional groups attached to an aromatic ring is 1. The Morgan fingerprint density at radius 3 is 2.65 bits per heavy atom. The minimum atomic E-state index is -0.494. The highest BCUT2D eigenvalue weighted by atomic mass is 16.5. The van der Waals surface area contributed by atoms with Gasteiger partial charge in [0.15, 0.2) is 0 Å². The fraction of sp³-hybridized carbons (Fsp3) is 0.154. The third-order valence-corrected chi connectivity index (χ3v) is 1.97. The fourth-order valence-corrected chi connectivity index (χ4v) is 1.21. The molecule has 0 bridgehead atoms. The van der Waals surface area contributed by atoms with Crippen molar-refractivity contribution in [3.8, 4) is 5.75 Å². The quantitative estimate of drug-likeness (QED) is 0.464. The van der Waals surface area contributed by atoms with Gasteiger partial charge in [-0.3, -0.25) is 0 Å². The first kappa shape index (κ1) is 12.8. The molecule has 0 aliphatic rings. The van der Waals surface area contributed by atoms with Crippen molar-refractivity contribution in [3.05, 3.63) is 49.1 Å². The summed E-state index contributed by atoms with van der Waals surface area (Å²) in [5.41, 5.74) is 6.36. The van der Waals surface area contributed by atoms with E-state index in [9.17, 15) is 4.79 Å². The molecule has 1 rings (SSSR count). The molecule has 90 valence electrons. The molecule has 0 amide bonds. The zero-order valence-electron chi connectivity index (χ0n) is 9.52. The topological polar surface area (TPSA) is 61.5 Å². The number of esters is 1. The largest absolute Gasteiger partial charge is 0.487 e. The summed E-state index contributed by atoms with van der Waals surface area (Å²) in [6.45, 7) is 7.48. The maximum Gasteiger partial charge on any atom is 0.340 e. The monoisotopic (exact) mass is 233 g/mol. The number of nitrogens with two attached hydrogens (primary N) is 1. The van der Waals surface area contributed by atoms with Crippen molar-refractivity contribution < 1.29 is 14.3 Å². The van der Waals surface area contributed by atoms with E-state index >= 15 is 0 Å². The molecule has 0 aliphatic carbocycles. The second-order valence-corrected chi connectivity index (χ2v) is 3.20. The molecule has 4 nitrogen and oxygen atoms in total. The van der Waals surface area contributed by atoms with Gasteiger partial charge in [-0.25, -0.2) is 4.79 Å². The van der Waals surface area contributed by atoms with Gasteiger partial charge >= 0.3 is 5.97 Å². The van der Waals surface area contributed by atoms with Crippen LogP contribution in [0.3, 0.4) is 0 Å². The maximum atomic E-state index is 11.6. The molecule has 0 fully saturated rings. The Kier molecular flexibility index (Phi) is 4.81. The summed E-state index contributed by atoms with van der Waals surface area (Å²) < 4.78 is 10.2. The molecule has 0 spiro atoms. The van der Waals surface area contributed by atoms with Crippen LogP contribution in [0.2, 0.25) is 0 Å². The second kappa shape index (κ2) is 6.37. The predicted molar refractivity (Wildman–Crippen MR) is 67.0 cm³/mol. The van der Waals surface area contributed by atoms with Crippen molar-refractivity contribution in [1.29, 1.82) is 0 Å². The molecule has 0 atom stereocenters. The van der Waals surface area contributed by atoms with Crippen LogP contribution in [0.1, 0.15) is 10.4 Å². The molecule has 0 saturated heterocycles. The van der Waals surface area contributed by atoms with E-state index in [0.29, 0.717) is 12.4 Å². The Morgan fingerprint density at radius 1 is 1.29 bits per heavy atom. The molecule has 1 aromatic carbocycles. The highest BCUT2D eigenvalue weighted by Gasteiger charge is 2.13. The lowest BCUT2D eigenvalue weighted by molar-refractivity contribution is 0.0550. The predicted octanol–water partition coefficient (Wildman–Crippen LogP) is 2.18. The zero-order chi connectivity index (χ0) is 12.7. The highest BCUT2D eigenvalue weighted by Crippen LogP contribution is 2.25. The van der Waals surface area contributed by atoms with E-state index in [1.807, 2.05) is 0 Å². The van der Waals surface area contributed by atoms with Crippen LogP contribution in [-0.2, 0) is 4.74 Å². The van der Waals surface area contributed by atoms with Crippen molar-refractivity contribution in [2.75, 3.05) is 18.9 Å². The van der Waals surface area contributed by atoms with E-state index in [1.165, 1.54) is 6.08 Å². The number of hydrogen-bond acceptors (Lipinski definition) is 4. The number of ether oxygens (including phenoxy) is 2. The Labute approximate surface area is 100 Å². The van der Waals surface area contributed by atoms with Crippen LogP contribution < -0.4 is 10.5 Å². The molecule has 0 aliphatic heterocycles. The molecule has 0 aromatic heterocycles. The molecule has 0 unspecified atom stereocenters. The van der Waals surface area contributed by atoms with E-state index in [0.717, 1.165) is 0 Å². The molecule has 0 heterocycles. The first-order valence-corrected chi connectivity index (χ1v) is 5.11.